The Bertz CT molecular complexity index is 513. The fraction of sp³-hybridized carbons (Fsp3) is 0.562. The summed E-state index contributed by atoms with van der Waals surface area (Å²) in [5.74, 6) is -0.0718. The van der Waals surface area contributed by atoms with Crippen molar-refractivity contribution in [1.29, 1.82) is 0 Å². The Kier molecular flexibility index (Phi) is 5.91. The normalized spacial score (nSPS) is 16.2. The highest BCUT2D eigenvalue weighted by molar-refractivity contribution is 6.40. The van der Waals surface area contributed by atoms with Gasteiger partial charge in [0, 0.05) is 6.04 Å². The lowest BCUT2D eigenvalue weighted by Gasteiger charge is -2.30. The highest BCUT2D eigenvalue weighted by atomic mass is 35.5. The Morgan fingerprint density at radius 2 is 1.95 bits per heavy atom. The zero-order valence-electron chi connectivity index (χ0n) is 12.6. The van der Waals surface area contributed by atoms with E-state index in [2.05, 4.69) is 10.2 Å². The van der Waals surface area contributed by atoms with E-state index >= 15 is 0 Å². The molecule has 0 radical (unpaired) electrons. The predicted octanol–water partition coefficient (Wildman–Crippen LogP) is 4.50. The van der Waals surface area contributed by atoms with Gasteiger partial charge in [-0.25, -0.2) is 0 Å². The zero-order valence-corrected chi connectivity index (χ0v) is 14.1. The number of anilines is 1. The standard InChI is InChI=1S/C16H22Cl2N2O/c1-11-8-9-13(17)16(15(11)18)19-14(21)10-20(2)12-6-4-3-5-7-12/h8-9,12H,3-7,10H2,1-2H3,(H,19,21). The number of hydrogen-bond acceptors (Lipinski definition) is 2. The van der Waals surface area contributed by atoms with E-state index in [0.717, 1.165) is 5.56 Å². The number of amides is 1. The molecule has 116 valence electrons. The maximum absolute atomic E-state index is 12.2. The summed E-state index contributed by atoms with van der Waals surface area (Å²) in [6.45, 7) is 2.26. The van der Waals surface area contributed by atoms with Crippen LogP contribution in [0.2, 0.25) is 10.0 Å². The van der Waals surface area contributed by atoms with E-state index in [-0.39, 0.29) is 5.91 Å². The number of nitrogens with one attached hydrogen (secondary N) is 1. The summed E-state index contributed by atoms with van der Waals surface area (Å²) in [4.78, 5) is 14.3. The number of halogens is 2. The van der Waals surface area contributed by atoms with Gasteiger partial charge in [0.2, 0.25) is 5.91 Å². The summed E-state index contributed by atoms with van der Waals surface area (Å²) in [5, 5.41) is 3.83. The second-order valence-electron chi connectivity index (χ2n) is 5.81. The summed E-state index contributed by atoms with van der Waals surface area (Å²) in [6, 6.07) is 4.10. The molecule has 0 aliphatic heterocycles. The van der Waals surface area contributed by atoms with Gasteiger partial charge in [0.25, 0.3) is 0 Å². The molecule has 0 atom stereocenters. The molecule has 0 heterocycles. The molecule has 1 aromatic rings. The minimum absolute atomic E-state index is 0.0718. The van der Waals surface area contributed by atoms with E-state index in [1.54, 1.807) is 6.07 Å². The largest absolute Gasteiger partial charge is 0.322 e. The molecule has 1 N–H and O–H groups in total. The first-order chi connectivity index (χ1) is 9.99. The van der Waals surface area contributed by atoms with Gasteiger partial charge in [0.1, 0.15) is 0 Å². The summed E-state index contributed by atoms with van der Waals surface area (Å²) in [5.41, 5.74) is 1.41. The molecule has 0 bridgehead atoms. The average Bonchev–Trinajstić information content (AvgIpc) is 2.48. The molecule has 21 heavy (non-hydrogen) atoms. The van der Waals surface area contributed by atoms with Gasteiger partial charge in [-0.1, -0.05) is 48.5 Å². The lowest BCUT2D eigenvalue weighted by molar-refractivity contribution is -0.117. The van der Waals surface area contributed by atoms with Crippen LogP contribution in [-0.2, 0) is 4.79 Å². The minimum Gasteiger partial charge on any atom is -0.322 e. The third kappa shape index (κ3) is 4.35. The van der Waals surface area contributed by atoms with E-state index in [9.17, 15) is 4.79 Å². The highest BCUT2D eigenvalue weighted by Crippen LogP contribution is 2.32. The van der Waals surface area contributed by atoms with Gasteiger partial charge in [-0.05, 0) is 38.4 Å². The molecule has 1 fully saturated rings. The maximum atomic E-state index is 12.2. The van der Waals surface area contributed by atoms with Crippen molar-refractivity contribution >= 4 is 34.8 Å². The number of rotatable bonds is 4. The molecule has 0 spiro atoms. The highest BCUT2D eigenvalue weighted by Gasteiger charge is 2.20. The second kappa shape index (κ2) is 7.48. The quantitative estimate of drug-likeness (QED) is 0.882. The molecule has 0 unspecified atom stereocenters. The molecule has 3 nitrogen and oxygen atoms in total. The molecule has 1 amide bonds. The van der Waals surface area contributed by atoms with Crippen LogP contribution in [0.5, 0.6) is 0 Å². The monoisotopic (exact) mass is 328 g/mol. The summed E-state index contributed by atoms with van der Waals surface area (Å²) >= 11 is 12.3. The average molecular weight is 329 g/mol. The van der Waals surface area contributed by atoms with E-state index < -0.39 is 0 Å². The molecule has 1 aliphatic carbocycles. The first-order valence-electron chi connectivity index (χ1n) is 7.43. The molecule has 1 saturated carbocycles. The lowest BCUT2D eigenvalue weighted by Crippen LogP contribution is -2.39. The molecular formula is C16H22Cl2N2O. The molecule has 2 rings (SSSR count). The minimum atomic E-state index is -0.0718. The molecule has 5 heteroatoms. The van der Waals surface area contributed by atoms with Gasteiger partial charge in [-0.2, -0.15) is 0 Å². The van der Waals surface area contributed by atoms with Gasteiger partial charge >= 0.3 is 0 Å². The number of aryl methyl sites for hydroxylation is 1. The Hall–Kier alpha value is -0.770. The van der Waals surface area contributed by atoms with Crippen LogP contribution in [0.3, 0.4) is 0 Å². The first-order valence-corrected chi connectivity index (χ1v) is 8.19. The maximum Gasteiger partial charge on any atom is 0.238 e. The van der Waals surface area contributed by atoms with Crippen molar-refractivity contribution in [1.82, 2.24) is 4.90 Å². The van der Waals surface area contributed by atoms with Crippen LogP contribution < -0.4 is 5.32 Å². The number of benzene rings is 1. The van der Waals surface area contributed by atoms with Crippen molar-refractivity contribution in [3.63, 3.8) is 0 Å². The van der Waals surface area contributed by atoms with E-state index in [0.29, 0.717) is 28.3 Å². The van der Waals surface area contributed by atoms with Gasteiger partial charge < -0.3 is 5.32 Å². The van der Waals surface area contributed by atoms with Crippen molar-refractivity contribution in [2.24, 2.45) is 0 Å². The van der Waals surface area contributed by atoms with Crippen molar-refractivity contribution in [3.05, 3.63) is 27.7 Å². The smallest absolute Gasteiger partial charge is 0.238 e. The number of hydrogen-bond donors (Lipinski definition) is 1. The summed E-state index contributed by atoms with van der Waals surface area (Å²) in [6.07, 6.45) is 6.18. The van der Waals surface area contributed by atoms with Crippen LogP contribution in [-0.4, -0.2) is 30.4 Å². The lowest BCUT2D eigenvalue weighted by atomic mass is 9.94. The van der Waals surface area contributed by atoms with Gasteiger partial charge in [-0.15, -0.1) is 0 Å². The van der Waals surface area contributed by atoms with Crippen molar-refractivity contribution < 1.29 is 4.79 Å². The third-order valence-corrected chi connectivity index (χ3v) is 4.94. The van der Waals surface area contributed by atoms with Crippen LogP contribution in [0.15, 0.2) is 12.1 Å². The van der Waals surface area contributed by atoms with Crippen molar-refractivity contribution in [2.75, 3.05) is 18.9 Å². The Labute approximate surface area is 136 Å². The van der Waals surface area contributed by atoms with Gasteiger partial charge in [0.05, 0.1) is 22.3 Å². The number of carbonyl (C=O) groups is 1. The van der Waals surface area contributed by atoms with Gasteiger partial charge in [-0.3, -0.25) is 9.69 Å². The van der Waals surface area contributed by atoms with E-state index in [1.165, 1.54) is 32.1 Å². The Morgan fingerprint density at radius 3 is 2.62 bits per heavy atom. The molecule has 1 aliphatic rings. The topological polar surface area (TPSA) is 32.3 Å². The Balaban J connectivity index is 1.97. The number of nitrogens with zero attached hydrogens (tertiary/aromatic N) is 1. The zero-order chi connectivity index (χ0) is 15.4. The van der Waals surface area contributed by atoms with Gasteiger partial charge in [0.15, 0.2) is 0 Å². The molecule has 0 aromatic heterocycles. The third-order valence-electron chi connectivity index (χ3n) is 4.14. The summed E-state index contributed by atoms with van der Waals surface area (Å²) in [7, 11) is 2.01. The van der Waals surface area contributed by atoms with Crippen LogP contribution in [0.1, 0.15) is 37.7 Å². The molecule has 0 saturated heterocycles. The fourth-order valence-electron chi connectivity index (χ4n) is 2.83. The van der Waals surface area contributed by atoms with Crippen molar-refractivity contribution in [3.8, 4) is 0 Å². The Morgan fingerprint density at radius 1 is 1.29 bits per heavy atom. The van der Waals surface area contributed by atoms with Crippen LogP contribution >= 0.6 is 23.2 Å². The van der Waals surface area contributed by atoms with Crippen LogP contribution in [0.25, 0.3) is 0 Å². The summed E-state index contributed by atoms with van der Waals surface area (Å²) < 4.78 is 0. The second-order valence-corrected chi connectivity index (χ2v) is 6.59. The molecular weight excluding hydrogens is 307 g/mol. The van der Waals surface area contributed by atoms with Crippen molar-refractivity contribution in [2.45, 2.75) is 45.1 Å². The number of carbonyl (C=O) groups excluding carboxylic acids is 1. The number of likely N-dealkylation sites (N-methyl/N-ethyl adjacent to an activating group) is 1. The first kappa shape index (κ1) is 16.6. The van der Waals surface area contributed by atoms with Crippen LogP contribution in [0.4, 0.5) is 5.69 Å². The van der Waals surface area contributed by atoms with E-state index in [1.807, 2.05) is 20.0 Å². The van der Waals surface area contributed by atoms with Crippen LogP contribution in [0, 0.1) is 6.92 Å². The SMILES string of the molecule is Cc1ccc(Cl)c(NC(=O)CN(C)C2CCCCC2)c1Cl. The predicted molar refractivity (Wildman–Crippen MR) is 89.3 cm³/mol. The van der Waals surface area contributed by atoms with E-state index in [4.69, 9.17) is 23.2 Å². The fourth-order valence-corrected chi connectivity index (χ4v) is 3.29. The molecule has 1 aromatic carbocycles.